The fourth-order valence-corrected chi connectivity index (χ4v) is 0.814. The molecule has 0 aromatic carbocycles. The summed E-state index contributed by atoms with van der Waals surface area (Å²) >= 11 is 0. The molecule has 0 spiro atoms. The van der Waals surface area contributed by atoms with Gasteiger partial charge < -0.3 is 0 Å². The number of rotatable bonds is 1. The van der Waals surface area contributed by atoms with Crippen LogP contribution in [0, 0.1) is 5.41 Å². The summed E-state index contributed by atoms with van der Waals surface area (Å²) in [6.45, 7) is 2.90. The standard InChI is InChI=1S/C8H12FN3/c1-8(2,9)6-4-7(10)12(3)11-5-6/h4-5,10H,1-3H3. The topological polar surface area (TPSA) is 41.7 Å². The Kier molecular flexibility index (Phi) is 2.00. The minimum atomic E-state index is -1.42. The summed E-state index contributed by atoms with van der Waals surface area (Å²) in [5, 5.41) is 11.2. The van der Waals surface area contributed by atoms with Gasteiger partial charge in [0.1, 0.15) is 11.2 Å². The lowest BCUT2D eigenvalue weighted by atomic mass is 10.0. The number of halogens is 1. The van der Waals surface area contributed by atoms with Crippen LogP contribution < -0.4 is 5.49 Å². The van der Waals surface area contributed by atoms with E-state index in [1.54, 1.807) is 7.05 Å². The van der Waals surface area contributed by atoms with Gasteiger partial charge in [-0.3, -0.25) is 10.1 Å². The number of aromatic nitrogens is 2. The largest absolute Gasteiger partial charge is 0.283 e. The monoisotopic (exact) mass is 169 g/mol. The van der Waals surface area contributed by atoms with Crippen LogP contribution in [0.3, 0.4) is 0 Å². The normalized spacial score (nSPS) is 11.7. The number of alkyl halides is 1. The fraction of sp³-hybridized carbons (Fsp3) is 0.500. The van der Waals surface area contributed by atoms with Crippen LogP contribution in [-0.4, -0.2) is 9.78 Å². The molecule has 0 aliphatic carbocycles. The molecule has 1 N–H and O–H groups in total. The summed E-state index contributed by atoms with van der Waals surface area (Å²) in [4.78, 5) is 0. The first-order valence-corrected chi connectivity index (χ1v) is 3.68. The Balaban J connectivity index is 3.23. The summed E-state index contributed by atoms with van der Waals surface area (Å²) in [7, 11) is 1.65. The van der Waals surface area contributed by atoms with Gasteiger partial charge in [0.25, 0.3) is 0 Å². The van der Waals surface area contributed by atoms with Crippen LogP contribution in [0.25, 0.3) is 0 Å². The minimum absolute atomic E-state index is 0.207. The molecular weight excluding hydrogens is 157 g/mol. The third-order valence-corrected chi connectivity index (χ3v) is 1.70. The molecule has 0 radical (unpaired) electrons. The zero-order chi connectivity index (χ0) is 9.35. The molecule has 0 bridgehead atoms. The molecule has 0 unspecified atom stereocenters. The van der Waals surface area contributed by atoms with Crippen molar-refractivity contribution in [3.05, 3.63) is 23.3 Å². The van der Waals surface area contributed by atoms with Gasteiger partial charge in [-0.05, 0) is 19.9 Å². The number of hydrogen-bond donors (Lipinski definition) is 1. The number of hydrogen-bond acceptors (Lipinski definition) is 2. The summed E-state index contributed by atoms with van der Waals surface area (Å²) in [6, 6.07) is 1.48. The van der Waals surface area contributed by atoms with Crippen molar-refractivity contribution in [2.24, 2.45) is 7.05 Å². The molecule has 1 rings (SSSR count). The molecular formula is C8H12FN3. The van der Waals surface area contributed by atoms with Crippen LogP contribution in [0.15, 0.2) is 12.3 Å². The van der Waals surface area contributed by atoms with Crippen LogP contribution in [0.5, 0.6) is 0 Å². The van der Waals surface area contributed by atoms with Crippen molar-refractivity contribution in [3.8, 4) is 0 Å². The molecule has 66 valence electrons. The molecule has 0 aliphatic rings. The highest BCUT2D eigenvalue weighted by molar-refractivity contribution is 5.13. The van der Waals surface area contributed by atoms with E-state index in [9.17, 15) is 4.39 Å². The first-order chi connectivity index (χ1) is 5.41. The van der Waals surface area contributed by atoms with E-state index < -0.39 is 5.67 Å². The molecule has 12 heavy (non-hydrogen) atoms. The molecule has 0 fully saturated rings. The van der Waals surface area contributed by atoms with Gasteiger partial charge >= 0.3 is 0 Å². The van der Waals surface area contributed by atoms with Crippen LogP contribution in [-0.2, 0) is 12.7 Å². The van der Waals surface area contributed by atoms with Crippen LogP contribution in [0.1, 0.15) is 19.4 Å². The van der Waals surface area contributed by atoms with E-state index >= 15 is 0 Å². The lowest BCUT2D eigenvalue weighted by Crippen LogP contribution is -2.22. The number of aryl methyl sites for hydroxylation is 1. The molecule has 0 aliphatic heterocycles. The Morgan fingerprint density at radius 1 is 1.58 bits per heavy atom. The Morgan fingerprint density at radius 2 is 2.17 bits per heavy atom. The lowest BCUT2D eigenvalue weighted by Gasteiger charge is -2.13. The van der Waals surface area contributed by atoms with Gasteiger partial charge in [0, 0.05) is 12.6 Å². The predicted octanol–water partition coefficient (Wildman–Crippen LogP) is 1.10. The van der Waals surface area contributed by atoms with Gasteiger partial charge in [-0.1, -0.05) is 0 Å². The van der Waals surface area contributed by atoms with E-state index in [1.165, 1.54) is 30.8 Å². The second-order valence-corrected chi connectivity index (χ2v) is 3.23. The Labute approximate surface area is 70.4 Å². The molecule has 0 amide bonds. The highest BCUT2D eigenvalue weighted by Crippen LogP contribution is 2.21. The Hall–Kier alpha value is -1.19. The molecule has 0 atom stereocenters. The van der Waals surface area contributed by atoms with Crippen LogP contribution in [0.4, 0.5) is 4.39 Å². The maximum absolute atomic E-state index is 13.3. The number of nitrogens with one attached hydrogen (secondary N) is 1. The molecule has 1 heterocycles. The lowest BCUT2D eigenvalue weighted by molar-refractivity contribution is 0.219. The molecule has 3 nitrogen and oxygen atoms in total. The van der Waals surface area contributed by atoms with Crippen LogP contribution in [0.2, 0.25) is 0 Å². The van der Waals surface area contributed by atoms with E-state index in [0.717, 1.165) is 0 Å². The zero-order valence-corrected chi connectivity index (χ0v) is 7.43. The average Bonchev–Trinajstić information content (AvgIpc) is 1.92. The van der Waals surface area contributed by atoms with E-state index in [0.29, 0.717) is 5.56 Å². The smallest absolute Gasteiger partial charge is 0.141 e. The first kappa shape index (κ1) is 8.90. The Bertz CT molecular complexity index is 335. The second-order valence-electron chi connectivity index (χ2n) is 3.23. The van der Waals surface area contributed by atoms with Crippen molar-refractivity contribution >= 4 is 0 Å². The molecule has 0 saturated carbocycles. The SMILES string of the molecule is Cn1ncc(C(C)(C)F)cc1=N. The highest BCUT2D eigenvalue weighted by Gasteiger charge is 2.18. The predicted molar refractivity (Wildman–Crippen MR) is 43.2 cm³/mol. The van der Waals surface area contributed by atoms with Crippen molar-refractivity contribution in [3.63, 3.8) is 0 Å². The average molecular weight is 169 g/mol. The van der Waals surface area contributed by atoms with E-state index in [1.807, 2.05) is 0 Å². The van der Waals surface area contributed by atoms with E-state index in [4.69, 9.17) is 5.41 Å². The van der Waals surface area contributed by atoms with Crippen molar-refractivity contribution in [1.29, 1.82) is 5.41 Å². The first-order valence-electron chi connectivity index (χ1n) is 3.68. The summed E-state index contributed by atoms with van der Waals surface area (Å²) in [5.74, 6) is 0. The highest BCUT2D eigenvalue weighted by atomic mass is 19.1. The maximum atomic E-state index is 13.3. The van der Waals surface area contributed by atoms with Crippen molar-refractivity contribution in [1.82, 2.24) is 9.78 Å². The van der Waals surface area contributed by atoms with Crippen LogP contribution >= 0.6 is 0 Å². The molecule has 0 saturated heterocycles. The quantitative estimate of drug-likeness (QED) is 0.672. The fourth-order valence-electron chi connectivity index (χ4n) is 0.814. The maximum Gasteiger partial charge on any atom is 0.141 e. The molecule has 1 aromatic rings. The van der Waals surface area contributed by atoms with E-state index in [2.05, 4.69) is 5.10 Å². The third kappa shape index (κ3) is 1.69. The molecule has 1 aromatic heterocycles. The summed E-state index contributed by atoms with van der Waals surface area (Å²) < 4.78 is 14.7. The zero-order valence-electron chi connectivity index (χ0n) is 7.43. The van der Waals surface area contributed by atoms with Gasteiger partial charge in [-0.15, -0.1) is 0 Å². The minimum Gasteiger partial charge on any atom is -0.283 e. The van der Waals surface area contributed by atoms with Crippen molar-refractivity contribution < 1.29 is 4.39 Å². The van der Waals surface area contributed by atoms with Gasteiger partial charge in [-0.2, -0.15) is 5.10 Å². The number of nitrogens with zero attached hydrogens (tertiary/aromatic N) is 2. The third-order valence-electron chi connectivity index (χ3n) is 1.70. The van der Waals surface area contributed by atoms with E-state index in [-0.39, 0.29) is 5.49 Å². The van der Waals surface area contributed by atoms with Gasteiger partial charge in [0.05, 0.1) is 6.20 Å². The van der Waals surface area contributed by atoms with Gasteiger partial charge in [0.2, 0.25) is 0 Å². The van der Waals surface area contributed by atoms with Gasteiger partial charge in [0.15, 0.2) is 0 Å². The Morgan fingerprint density at radius 3 is 2.58 bits per heavy atom. The van der Waals surface area contributed by atoms with Gasteiger partial charge in [-0.25, -0.2) is 4.39 Å². The summed E-state index contributed by atoms with van der Waals surface area (Å²) in [5.41, 5.74) is -0.777. The summed E-state index contributed by atoms with van der Waals surface area (Å²) in [6.07, 6.45) is 1.44. The molecule has 4 heteroatoms. The second kappa shape index (κ2) is 2.69. The van der Waals surface area contributed by atoms with Crippen molar-refractivity contribution in [2.45, 2.75) is 19.5 Å². The van der Waals surface area contributed by atoms with Crippen molar-refractivity contribution in [2.75, 3.05) is 0 Å².